The van der Waals surface area contributed by atoms with Crippen LogP contribution in [-0.2, 0) is 4.79 Å². The van der Waals surface area contributed by atoms with Crippen LogP contribution in [0.2, 0.25) is 5.02 Å². The van der Waals surface area contributed by atoms with Gasteiger partial charge >= 0.3 is 0 Å². The van der Waals surface area contributed by atoms with Gasteiger partial charge in [0, 0.05) is 35.5 Å². The molecule has 2 aliphatic rings. The summed E-state index contributed by atoms with van der Waals surface area (Å²) >= 11 is 7.72. The highest BCUT2D eigenvalue weighted by molar-refractivity contribution is 8.01. The van der Waals surface area contributed by atoms with Gasteiger partial charge in [-0.25, -0.2) is 0 Å². The number of benzene rings is 1. The van der Waals surface area contributed by atoms with Crippen LogP contribution < -0.4 is 10.6 Å². The molecule has 0 aromatic heterocycles. The normalized spacial score (nSPS) is 23.0. The van der Waals surface area contributed by atoms with E-state index >= 15 is 0 Å². The molecule has 2 saturated heterocycles. The molecule has 26 heavy (non-hydrogen) atoms. The van der Waals surface area contributed by atoms with Crippen molar-refractivity contribution in [2.45, 2.75) is 50.1 Å². The number of nitrogens with zero attached hydrogens (tertiary/aromatic N) is 1. The molecule has 2 atom stereocenters. The zero-order chi connectivity index (χ0) is 18.7. The molecule has 7 heteroatoms. The first-order chi connectivity index (χ1) is 12.4. The molecule has 2 amide bonds. The number of carbonyl (C=O) groups is 2. The van der Waals surface area contributed by atoms with Crippen molar-refractivity contribution < 1.29 is 9.59 Å². The lowest BCUT2D eigenvalue weighted by Crippen LogP contribution is -2.55. The number of amides is 2. The smallest absolute Gasteiger partial charge is 0.253 e. The van der Waals surface area contributed by atoms with E-state index in [1.165, 1.54) is 0 Å². The molecule has 5 nitrogen and oxygen atoms in total. The second kappa shape index (κ2) is 8.19. The molecule has 2 unspecified atom stereocenters. The Hall–Kier alpha value is -1.24. The first-order valence-electron chi connectivity index (χ1n) is 9.19. The zero-order valence-electron chi connectivity index (χ0n) is 15.3. The third-order valence-corrected chi connectivity index (χ3v) is 7.06. The molecule has 2 heterocycles. The maximum atomic E-state index is 12.6. The van der Waals surface area contributed by atoms with Gasteiger partial charge in [0.05, 0.1) is 10.9 Å². The number of nitrogens with one attached hydrogen (secondary N) is 2. The van der Waals surface area contributed by atoms with Gasteiger partial charge in [0.15, 0.2) is 0 Å². The number of hydrogen-bond acceptors (Lipinski definition) is 4. The van der Waals surface area contributed by atoms with Crippen molar-refractivity contribution in [1.82, 2.24) is 15.5 Å². The van der Waals surface area contributed by atoms with E-state index in [4.69, 9.17) is 11.6 Å². The zero-order valence-corrected chi connectivity index (χ0v) is 16.8. The molecule has 2 N–H and O–H groups in total. The minimum atomic E-state index is -0.146. The molecule has 0 aliphatic carbocycles. The second-order valence-electron chi connectivity index (χ2n) is 7.12. The molecule has 142 valence electrons. The van der Waals surface area contributed by atoms with Crippen LogP contribution >= 0.6 is 23.4 Å². The fourth-order valence-electron chi connectivity index (χ4n) is 3.37. The molecule has 1 aromatic rings. The summed E-state index contributed by atoms with van der Waals surface area (Å²) in [5.41, 5.74) is 0.670. The van der Waals surface area contributed by atoms with Crippen molar-refractivity contribution in [3.63, 3.8) is 0 Å². The minimum absolute atomic E-state index is 0.0468. The monoisotopic (exact) mass is 395 g/mol. The van der Waals surface area contributed by atoms with Crippen LogP contribution in [0.1, 0.15) is 43.5 Å². The standard InChI is InChI=1S/C19H26ClN3O2S/c1-3-13(2)21-17(24)16-12-26-19(22-16)8-10-23(11-9-19)18(25)14-4-6-15(20)7-5-14/h4-7,13,16,22H,3,8-12H2,1-2H3,(H,21,24). The molecule has 2 aliphatic heterocycles. The molecule has 3 rings (SSSR count). The SMILES string of the molecule is CCC(C)NC(=O)C1CSC2(CCN(C(=O)c3ccc(Cl)cc3)CC2)N1. The lowest BCUT2D eigenvalue weighted by atomic mass is 10.0. The Balaban J connectivity index is 1.54. The molecule has 0 bridgehead atoms. The lowest BCUT2D eigenvalue weighted by molar-refractivity contribution is -0.123. The fourth-order valence-corrected chi connectivity index (χ4v) is 4.91. The van der Waals surface area contributed by atoms with Crippen molar-refractivity contribution in [3.8, 4) is 0 Å². The van der Waals surface area contributed by atoms with Crippen molar-refractivity contribution in [3.05, 3.63) is 34.9 Å². The van der Waals surface area contributed by atoms with Crippen LogP contribution in [0.25, 0.3) is 0 Å². The third-order valence-electron chi connectivity index (χ3n) is 5.23. The first-order valence-corrected chi connectivity index (χ1v) is 10.6. The number of halogens is 1. The van der Waals surface area contributed by atoms with Gasteiger partial charge in [-0.15, -0.1) is 11.8 Å². The highest BCUT2D eigenvalue weighted by Gasteiger charge is 2.44. The van der Waals surface area contributed by atoms with Gasteiger partial charge in [-0.05, 0) is 50.5 Å². The molecule has 1 aromatic carbocycles. The molecule has 0 radical (unpaired) electrons. The predicted octanol–water partition coefficient (Wildman–Crippen LogP) is 2.89. The van der Waals surface area contributed by atoms with E-state index in [1.807, 2.05) is 23.6 Å². The first kappa shape index (κ1) is 19.5. The van der Waals surface area contributed by atoms with E-state index in [0.717, 1.165) is 25.0 Å². The maximum absolute atomic E-state index is 12.6. The molecule has 1 spiro atoms. The quantitative estimate of drug-likeness (QED) is 0.822. The summed E-state index contributed by atoms with van der Waals surface area (Å²) in [4.78, 5) is 26.8. The summed E-state index contributed by atoms with van der Waals surface area (Å²) in [6, 6.07) is 7.08. The highest BCUT2D eigenvalue weighted by atomic mass is 35.5. The Morgan fingerprint density at radius 2 is 2.00 bits per heavy atom. The van der Waals surface area contributed by atoms with E-state index in [9.17, 15) is 9.59 Å². The van der Waals surface area contributed by atoms with Crippen LogP contribution in [-0.4, -0.2) is 52.5 Å². The number of rotatable bonds is 4. The summed E-state index contributed by atoms with van der Waals surface area (Å²) < 4.78 is 0. The Labute approximate surface area is 164 Å². The van der Waals surface area contributed by atoms with Gasteiger partial charge in [0.25, 0.3) is 5.91 Å². The van der Waals surface area contributed by atoms with Crippen molar-refractivity contribution in [1.29, 1.82) is 0 Å². The largest absolute Gasteiger partial charge is 0.352 e. The van der Waals surface area contributed by atoms with Crippen LogP contribution in [0.4, 0.5) is 0 Å². The lowest BCUT2D eigenvalue weighted by Gasteiger charge is -2.39. The van der Waals surface area contributed by atoms with E-state index in [0.29, 0.717) is 23.7 Å². The van der Waals surface area contributed by atoms with E-state index in [2.05, 4.69) is 17.6 Å². The number of thioether (sulfide) groups is 1. The second-order valence-corrected chi connectivity index (χ2v) is 8.96. The topological polar surface area (TPSA) is 61.4 Å². The van der Waals surface area contributed by atoms with Gasteiger partial charge in [-0.3, -0.25) is 14.9 Å². The number of hydrogen-bond donors (Lipinski definition) is 2. The summed E-state index contributed by atoms with van der Waals surface area (Å²) in [6.45, 7) is 5.48. The van der Waals surface area contributed by atoms with Gasteiger partial charge in [0.1, 0.15) is 0 Å². The van der Waals surface area contributed by atoms with Gasteiger partial charge in [0.2, 0.25) is 5.91 Å². The van der Waals surface area contributed by atoms with Crippen molar-refractivity contribution in [2.24, 2.45) is 0 Å². The molecular formula is C19H26ClN3O2S. The fraction of sp³-hybridized carbons (Fsp3) is 0.579. The Bertz CT molecular complexity index is 659. The van der Waals surface area contributed by atoms with E-state index in [1.54, 1.807) is 24.3 Å². The summed E-state index contributed by atoms with van der Waals surface area (Å²) in [5.74, 6) is 0.918. The average Bonchev–Trinajstić information content (AvgIpc) is 3.06. The van der Waals surface area contributed by atoms with Gasteiger partial charge in [-0.1, -0.05) is 18.5 Å². The Kier molecular flexibility index (Phi) is 6.15. The van der Waals surface area contributed by atoms with Crippen molar-refractivity contribution in [2.75, 3.05) is 18.8 Å². The Morgan fingerprint density at radius 1 is 1.35 bits per heavy atom. The summed E-state index contributed by atoms with van der Waals surface area (Å²) in [5, 5.41) is 7.23. The van der Waals surface area contributed by atoms with Crippen LogP contribution in [0.3, 0.4) is 0 Å². The number of likely N-dealkylation sites (tertiary alicyclic amines) is 1. The van der Waals surface area contributed by atoms with Crippen LogP contribution in [0.15, 0.2) is 24.3 Å². The third kappa shape index (κ3) is 4.35. The molecular weight excluding hydrogens is 370 g/mol. The molecule has 0 saturated carbocycles. The van der Waals surface area contributed by atoms with Crippen LogP contribution in [0.5, 0.6) is 0 Å². The summed E-state index contributed by atoms with van der Waals surface area (Å²) in [6.07, 6.45) is 2.63. The average molecular weight is 396 g/mol. The van der Waals surface area contributed by atoms with E-state index in [-0.39, 0.29) is 28.8 Å². The van der Waals surface area contributed by atoms with Gasteiger partial charge < -0.3 is 10.2 Å². The minimum Gasteiger partial charge on any atom is -0.352 e. The van der Waals surface area contributed by atoms with Crippen molar-refractivity contribution >= 4 is 35.2 Å². The Morgan fingerprint density at radius 3 is 2.62 bits per heavy atom. The number of carbonyl (C=O) groups excluding carboxylic acids is 2. The summed E-state index contributed by atoms with van der Waals surface area (Å²) in [7, 11) is 0. The van der Waals surface area contributed by atoms with E-state index < -0.39 is 0 Å². The van der Waals surface area contributed by atoms with Gasteiger partial charge in [-0.2, -0.15) is 0 Å². The highest BCUT2D eigenvalue weighted by Crippen LogP contribution is 2.39. The predicted molar refractivity (Wildman–Crippen MR) is 107 cm³/mol. The maximum Gasteiger partial charge on any atom is 0.253 e. The molecule has 2 fully saturated rings. The van der Waals surface area contributed by atoms with Crippen LogP contribution in [0, 0.1) is 0 Å². The number of piperidine rings is 1.